The van der Waals surface area contributed by atoms with Gasteiger partial charge in [-0.1, -0.05) is 34.1 Å². The molecule has 1 saturated heterocycles. The first-order chi connectivity index (χ1) is 9.76. The maximum Gasteiger partial charge on any atom is 0.0632 e. The highest BCUT2D eigenvalue weighted by Crippen LogP contribution is 2.27. The van der Waals surface area contributed by atoms with E-state index in [1.807, 2.05) is 6.92 Å². The van der Waals surface area contributed by atoms with Gasteiger partial charge in [0.1, 0.15) is 0 Å². The number of aliphatic hydroxyl groups is 1. The van der Waals surface area contributed by atoms with Crippen molar-refractivity contribution in [2.75, 3.05) is 32.7 Å². The third-order valence-electron chi connectivity index (χ3n) is 4.72. The Hall–Kier alpha value is -0.120. The zero-order valence-electron chi connectivity index (χ0n) is 15.0. The molecule has 0 radical (unpaired) electrons. The summed E-state index contributed by atoms with van der Waals surface area (Å²) in [5, 5.41) is 13.9. The fourth-order valence-corrected chi connectivity index (χ4v) is 3.51. The molecule has 0 aromatic carbocycles. The van der Waals surface area contributed by atoms with E-state index in [4.69, 9.17) is 0 Å². The van der Waals surface area contributed by atoms with Crippen molar-refractivity contribution < 1.29 is 5.11 Å². The third kappa shape index (κ3) is 7.62. The lowest BCUT2D eigenvalue weighted by Crippen LogP contribution is -2.43. The number of hydrogen-bond donors (Lipinski definition) is 2. The molecule has 1 aliphatic heterocycles. The van der Waals surface area contributed by atoms with Gasteiger partial charge in [-0.25, -0.2) is 0 Å². The van der Waals surface area contributed by atoms with Gasteiger partial charge in [-0.15, -0.1) is 0 Å². The second-order valence-electron chi connectivity index (χ2n) is 8.21. The van der Waals surface area contributed by atoms with Crippen LogP contribution in [0.4, 0.5) is 0 Å². The van der Waals surface area contributed by atoms with Crippen molar-refractivity contribution in [3.63, 3.8) is 0 Å². The monoisotopic (exact) mass is 298 g/mol. The molecule has 1 rings (SSSR count). The molecule has 2 unspecified atom stereocenters. The number of likely N-dealkylation sites (tertiary alicyclic amines) is 1. The number of nitrogens with zero attached hydrogens (tertiary/aromatic N) is 1. The molecule has 0 saturated carbocycles. The largest absolute Gasteiger partial charge is 0.390 e. The zero-order valence-corrected chi connectivity index (χ0v) is 15.0. The predicted molar refractivity (Wildman–Crippen MR) is 91.6 cm³/mol. The van der Waals surface area contributed by atoms with Crippen LogP contribution in [0.25, 0.3) is 0 Å². The molecule has 1 heterocycles. The summed E-state index contributed by atoms with van der Waals surface area (Å²) >= 11 is 0. The summed E-state index contributed by atoms with van der Waals surface area (Å²) in [5.74, 6) is 0.712. The topological polar surface area (TPSA) is 35.5 Å². The minimum absolute atomic E-state index is 0.347. The van der Waals surface area contributed by atoms with E-state index < -0.39 is 5.60 Å². The minimum Gasteiger partial charge on any atom is -0.390 e. The molecule has 126 valence electrons. The molecule has 0 amide bonds. The van der Waals surface area contributed by atoms with Crippen LogP contribution in [0.1, 0.15) is 66.7 Å². The standard InChI is InChI=1S/C18H38N2O/c1-6-8-17(4,14-19-13-16(2)3)15-20-11-7-9-18(5,21)10-12-20/h16,19,21H,6-15H2,1-5H3. The SMILES string of the molecule is CCCC(C)(CNCC(C)C)CN1CCCC(C)(O)CC1. The summed E-state index contributed by atoms with van der Waals surface area (Å²) in [4.78, 5) is 2.58. The van der Waals surface area contributed by atoms with Gasteiger partial charge in [-0.3, -0.25) is 0 Å². The second kappa shape index (κ2) is 8.50. The van der Waals surface area contributed by atoms with Gasteiger partial charge in [0.25, 0.3) is 0 Å². The molecule has 3 nitrogen and oxygen atoms in total. The maximum absolute atomic E-state index is 10.2. The van der Waals surface area contributed by atoms with E-state index in [0.717, 1.165) is 52.0 Å². The zero-order chi connectivity index (χ0) is 15.9. The normalized spacial score (nSPS) is 27.6. The van der Waals surface area contributed by atoms with Gasteiger partial charge >= 0.3 is 0 Å². The molecule has 0 spiro atoms. The Bertz CT molecular complexity index is 291. The van der Waals surface area contributed by atoms with E-state index in [-0.39, 0.29) is 0 Å². The second-order valence-corrected chi connectivity index (χ2v) is 8.21. The number of nitrogens with one attached hydrogen (secondary N) is 1. The first-order valence-corrected chi connectivity index (χ1v) is 8.92. The first-order valence-electron chi connectivity index (χ1n) is 8.92. The Morgan fingerprint density at radius 3 is 2.62 bits per heavy atom. The molecule has 0 bridgehead atoms. The van der Waals surface area contributed by atoms with Crippen molar-refractivity contribution in [1.82, 2.24) is 10.2 Å². The van der Waals surface area contributed by atoms with E-state index in [1.54, 1.807) is 0 Å². The Balaban J connectivity index is 2.51. The van der Waals surface area contributed by atoms with E-state index in [9.17, 15) is 5.11 Å². The molecule has 2 N–H and O–H groups in total. The summed E-state index contributed by atoms with van der Waals surface area (Å²) in [6.45, 7) is 16.8. The van der Waals surface area contributed by atoms with Crippen molar-refractivity contribution >= 4 is 0 Å². The van der Waals surface area contributed by atoms with Crippen LogP contribution in [0.2, 0.25) is 0 Å². The summed E-state index contributed by atoms with van der Waals surface area (Å²) in [5.41, 5.74) is -0.106. The fraction of sp³-hybridized carbons (Fsp3) is 1.00. The van der Waals surface area contributed by atoms with Gasteiger partial charge in [0.05, 0.1) is 5.60 Å². The molecular weight excluding hydrogens is 260 g/mol. The van der Waals surface area contributed by atoms with Gasteiger partial charge < -0.3 is 15.3 Å². The highest BCUT2D eigenvalue weighted by atomic mass is 16.3. The highest BCUT2D eigenvalue weighted by Gasteiger charge is 2.30. The van der Waals surface area contributed by atoms with Crippen LogP contribution in [-0.4, -0.2) is 48.3 Å². The van der Waals surface area contributed by atoms with Gasteiger partial charge in [0.15, 0.2) is 0 Å². The lowest BCUT2D eigenvalue weighted by atomic mass is 9.84. The van der Waals surface area contributed by atoms with Crippen molar-refractivity contribution in [2.45, 2.75) is 72.3 Å². The van der Waals surface area contributed by atoms with E-state index in [0.29, 0.717) is 11.3 Å². The molecule has 1 aliphatic rings. The quantitative estimate of drug-likeness (QED) is 0.722. The lowest BCUT2D eigenvalue weighted by Gasteiger charge is -2.36. The summed E-state index contributed by atoms with van der Waals surface area (Å²) in [7, 11) is 0. The van der Waals surface area contributed by atoms with Crippen LogP contribution < -0.4 is 5.32 Å². The Labute approximate surface area is 132 Å². The average Bonchev–Trinajstić information content (AvgIpc) is 2.50. The van der Waals surface area contributed by atoms with Crippen LogP contribution in [0.5, 0.6) is 0 Å². The molecule has 0 aromatic heterocycles. The average molecular weight is 299 g/mol. The smallest absolute Gasteiger partial charge is 0.0632 e. The molecular formula is C18H38N2O. The number of hydrogen-bond acceptors (Lipinski definition) is 3. The molecule has 2 atom stereocenters. The molecule has 1 fully saturated rings. The Morgan fingerprint density at radius 1 is 1.29 bits per heavy atom. The van der Waals surface area contributed by atoms with Gasteiger partial charge in [0, 0.05) is 19.6 Å². The fourth-order valence-electron chi connectivity index (χ4n) is 3.51. The van der Waals surface area contributed by atoms with Crippen LogP contribution >= 0.6 is 0 Å². The van der Waals surface area contributed by atoms with Crippen molar-refractivity contribution in [2.24, 2.45) is 11.3 Å². The summed E-state index contributed by atoms with van der Waals surface area (Å²) in [6, 6.07) is 0. The summed E-state index contributed by atoms with van der Waals surface area (Å²) in [6.07, 6.45) is 5.49. The van der Waals surface area contributed by atoms with Crippen molar-refractivity contribution in [3.8, 4) is 0 Å². The highest BCUT2D eigenvalue weighted by molar-refractivity contribution is 4.85. The predicted octanol–water partition coefficient (Wildman–Crippen LogP) is 3.28. The van der Waals surface area contributed by atoms with E-state index >= 15 is 0 Å². The Morgan fingerprint density at radius 2 is 2.00 bits per heavy atom. The lowest BCUT2D eigenvalue weighted by molar-refractivity contribution is 0.0427. The van der Waals surface area contributed by atoms with Crippen LogP contribution in [0.3, 0.4) is 0 Å². The molecule has 21 heavy (non-hydrogen) atoms. The molecule has 0 aromatic rings. The van der Waals surface area contributed by atoms with Gasteiger partial charge in [-0.05, 0) is 57.0 Å². The van der Waals surface area contributed by atoms with Crippen LogP contribution in [-0.2, 0) is 0 Å². The summed E-state index contributed by atoms with van der Waals surface area (Å²) < 4.78 is 0. The molecule has 0 aliphatic carbocycles. The van der Waals surface area contributed by atoms with E-state index in [2.05, 4.69) is 37.9 Å². The van der Waals surface area contributed by atoms with Gasteiger partial charge in [-0.2, -0.15) is 0 Å². The van der Waals surface area contributed by atoms with Crippen LogP contribution in [0.15, 0.2) is 0 Å². The minimum atomic E-state index is -0.453. The first kappa shape index (κ1) is 18.9. The Kier molecular flexibility index (Phi) is 7.66. The van der Waals surface area contributed by atoms with Crippen molar-refractivity contribution in [3.05, 3.63) is 0 Å². The van der Waals surface area contributed by atoms with Crippen molar-refractivity contribution in [1.29, 1.82) is 0 Å². The third-order valence-corrected chi connectivity index (χ3v) is 4.72. The molecule has 3 heteroatoms. The number of rotatable bonds is 8. The van der Waals surface area contributed by atoms with Crippen LogP contribution in [0, 0.1) is 11.3 Å². The maximum atomic E-state index is 10.2. The van der Waals surface area contributed by atoms with E-state index in [1.165, 1.54) is 12.8 Å². The van der Waals surface area contributed by atoms with Gasteiger partial charge in [0.2, 0.25) is 0 Å².